The Labute approximate surface area is 115 Å². The van der Waals surface area contributed by atoms with Crippen LogP contribution in [0.4, 0.5) is 0 Å². The maximum absolute atomic E-state index is 11.9. The molecule has 5 nitrogen and oxygen atoms in total. The minimum atomic E-state index is -0.356. The van der Waals surface area contributed by atoms with E-state index < -0.39 is 0 Å². The number of esters is 1. The van der Waals surface area contributed by atoms with E-state index in [1.165, 1.54) is 0 Å². The number of nitrogens with zero attached hydrogens (tertiary/aromatic N) is 1. The largest absolute Gasteiger partial charge is 0.495 e. The van der Waals surface area contributed by atoms with Crippen molar-refractivity contribution in [3.05, 3.63) is 36.0 Å². The van der Waals surface area contributed by atoms with Crippen molar-refractivity contribution in [3.63, 3.8) is 0 Å². The molecule has 0 aliphatic heterocycles. The monoisotopic (exact) mass is 270 g/mol. The maximum Gasteiger partial charge on any atom is 0.338 e. The van der Waals surface area contributed by atoms with Gasteiger partial charge < -0.3 is 14.5 Å². The normalized spacial score (nSPS) is 10.9. The Kier molecular flexibility index (Phi) is 3.02. The van der Waals surface area contributed by atoms with Crippen molar-refractivity contribution < 1.29 is 14.3 Å². The fourth-order valence-corrected chi connectivity index (χ4v) is 2.29. The summed E-state index contributed by atoms with van der Waals surface area (Å²) in [7, 11) is 1.57. The summed E-state index contributed by atoms with van der Waals surface area (Å²) in [6.07, 6.45) is 1.72. The molecule has 3 aromatic rings. The molecular weight excluding hydrogens is 256 g/mol. The van der Waals surface area contributed by atoms with Gasteiger partial charge in [-0.2, -0.15) is 0 Å². The number of carbonyl (C=O) groups excluding carboxylic acids is 1. The SMILES string of the molecule is CCOC(=O)c1cc(OC)c2[nH]c3ncccc3c2c1. The average Bonchev–Trinajstić information content (AvgIpc) is 2.85. The summed E-state index contributed by atoms with van der Waals surface area (Å²) in [6.45, 7) is 2.12. The van der Waals surface area contributed by atoms with Crippen LogP contribution in [0.3, 0.4) is 0 Å². The highest BCUT2D eigenvalue weighted by Crippen LogP contribution is 2.32. The third-order valence-electron chi connectivity index (χ3n) is 3.17. The van der Waals surface area contributed by atoms with E-state index in [4.69, 9.17) is 9.47 Å². The molecule has 0 aliphatic carbocycles. The molecule has 1 aromatic carbocycles. The van der Waals surface area contributed by atoms with E-state index in [-0.39, 0.29) is 5.97 Å². The first-order valence-electron chi connectivity index (χ1n) is 6.36. The van der Waals surface area contributed by atoms with Crippen molar-refractivity contribution in [2.75, 3.05) is 13.7 Å². The highest BCUT2D eigenvalue weighted by Gasteiger charge is 2.15. The lowest BCUT2D eigenvalue weighted by molar-refractivity contribution is 0.0526. The number of methoxy groups -OCH3 is 1. The number of nitrogens with one attached hydrogen (secondary N) is 1. The van der Waals surface area contributed by atoms with Crippen molar-refractivity contribution in [2.45, 2.75) is 6.92 Å². The third-order valence-corrected chi connectivity index (χ3v) is 3.17. The molecule has 2 heterocycles. The van der Waals surface area contributed by atoms with Crippen molar-refractivity contribution in [2.24, 2.45) is 0 Å². The molecule has 0 unspecified atom stereocenters. The van der Waals surface area contributed by atoms with E-state index in [2.05, 4.69) is 9.97 Å². The van der Waals surface area contributed by atoms with Crippen LogP contribution in [-0.2, 0) is 4.74 Å². The Balaban J connectivity index is 2.30. The van der Waals surface area contributed by atoms with Gasteiger partial charge in [-0.3, -0.25) is 0 Å². The number of fused-ring (bicyclic) bond motifs is 3. The van der Waals surface area contributed by atoms with E-state index >= 15 is 0 Å². The summed E-state index contributed by atoms with van der Waals surface area (Å²) in [5.41, 5.74) is 2.07. The molecule has 0 aliphatic rings. The van der Waals surface area contributed by atoms with Gasteiger partial charge in [0.1, 0.15) is 11.4 Å². The van der Waals surface area contributed by atoms with Crippen molar-refractivity contribution in [1.82, 2.24) is 9.97 Å². The van der Waals surface area contributed by atoms with Crippen LogP contribution in [-0.4, -0.2) is 29.7 Å². The molecule has 2 aromatic heterocycles. The van der Waals surface area contributed by atoms with Crippen LogP contribution in [0.5, 0.6) is 5.75 Å². The second-order valence-electron chi connectivity index (χ2n) is 4.35. The number of pyridine rings is 1. The number of aromatic nitrogens is 2. The molecule has 0 atom stereocenters. The summed E-state index contributed by atoms with van der Waals surface area (Å²) in [4.78, 5) is 19.4. The lowest BCUT2D eigenvalue weighted by Gasteiger charge is -2.06. The number of hydrogen-bond acceptors (Lipinski definition) is 4. The Morgan fingerprint density at radius 1 is 1.35 bits per heavy atom. The number of ether oxygens (including phenoxy) is 2. The number of benzene rings is 1. The lowest BCUT2D eigenvalue weighted by atomic mass is 10.1. The van der Waals surface area contributed by atoms with Gasteiger partial charge in [-0.1, -0.05) is 0 Å². The second kappa shape index (κ2) is 4.85. The number of H-pyrrole nitrogens is 1. The Morgan fingerprint density at radius 3 is 2.95 bits per heavy atom. The summed E-state index contributed by atoms with van der Waals surface area (Å²) in [5.74, 6) is 0.245. The van der Waals surface area contributed by atoms with Crippen LogP contribution in [0.1, 0.15) is 17.3 Å². The zero-order valence-corrected chi connectivity index (χ0v) is 11.3. The van der Waals surface area contributed by atoms with Gasteiger partial charge in [-0.15, -0.1) is 0 Å². The predicted octanol–water partition coefficient (Wildman–Crippen LogP) is 2.90. The van der Waals surface area contributed by atoms with Gasteiger partial charge in [0.25, 0.3) is 0 Å². The molecule has 1 N–H and O–H groups in total. The Bertz CT molecular complexity index is 792. The molecule has 0 spiro atoms. The summed E-state index contributed by atoms with van der Waals surface area (Å²) in [5, 5.41) is 1.85. The van der Waals surface area contributed by atoms with Gasteiger partial charge in [0.15, 0.2) is 0 Å². The molecule has 0 saturated carbocycles. The number of rotatable bonds is 3. The molecule has 3 rings (SSSR count). The van der Waals surface area contributed by atoms with Crippen LogP contribution < -0.4 is 4.74 Å². The molecular formula is C15H14N2O3. The highest BCUT2D eigenvalue weighted by molar-refractivity contribution is 6.10. The smallest absolute Gasteiger partial charge is 0.338 e. The molecule has 20 heavy (non-hydrogen) atoms. The maximum atomic E-state index is 11.9. The molecule has 0 radical (unpaired) electrons. The van der Waals surface area contributed by atoms with Crippen LogP contribution in [0, 0.1) is 0 Å². The van der Waals surface area contributed by atoms with Crippen LogP contribution in [0.15, 0.2) is 30.5 Å². The van der Waals surface area contributed by atoms with Gasteiger partial charge >= 0.3 is 5.97 Å². The Morgan fingerprint density at radius 2 is 2.20 bits per heavy atom. The number of carbonyl (C=O) groups is 1. The number of aromatic amines is 1. The fraction of sp³-hybridized carbons (Fsp3) is 0.200. The highest BCUT2D eigenvalue weighted by atomic mass is 16.5. The van der Waals surface area contributed by atoms with Gasteiger partial charge in [0.05, 0.1) is 24.8 Å². The van der Waals surface area contributed by atoms with E-state index in [9.17, 15) is 4.79 Å². The third kappa shape index (κ3) is 1.87. The summed E-state index contributed by atoms with van der Waals surface area (Å²) in [6, 6.07) is 7.29. The minimum Gasteiger partial charge on any atom is -0.495 e. The quantitative estimate of drug-likeness (QED) is 0.743. The zero-order chi connectivity index (χ0) is 14.1. The predicted molar refractivity (Wildman–Crippen MR) is 76.1 cm³/mol. The first-order chi connectivity index (χ1) is 9.74. The van der Waals surface area contributed by atoms with E-state index in [0.29, 0.717) is 17.9 Å². The van der Waals surface area contributed by atoms with Crippen LogP contribution >= 0.6 is 0 Å². The fourth-order valence-electron chi connectivity index (χ4n) is 2.29. The molecule has 0 bridgehead atoms. The zero-order valence-electron chi connectivity index (χ0n) is 11.3. The lowest BCUT2D eigenvalue weighted by Crippen LogP contribution is -2.04. The van der Waals surface area contributed by atoms with Crippen LogP contribution in [0.2, 0.25) is 0 Å². The minimum absolute atomic E-state index is 0.342. The summed E-state index contributed by atoms with van der Waals surface area (Å²) >= 11 is 0. The van der Waals surface area contributed by atoms with Crippen LogP contribution in [0.25, 0.3) is 21.9 Å². The first-order valence-corrected chi connectivity index (χ1v) is 6.36. The molecule has 0 amide bonds. The van der Waals surface area contributed by atoms with Gasteiger partial charge in [0, 0.05) is 17.0 Å². The molecule has 0 fully saturated rings. The summed E-state index contributed by atoms with van der Waals surface area (Å²) < 4.78 is 10.4. The van der Waals surface area contributed by atoms with Crippen molar-refractivity contribution in [3.8, 4) is 5.75 Å². The molecule has 5 heteroatoms. The Hall–Kier alpha value is -2.56. The first kappa shape index (κ1) is 12.5. The molecule has 102 valence electrons. The second-order valence-corrected chi connectivity index (χ2v) is 4.35. The van der Waals surface area contributed by atoms with Crippen molar-refractivity contribution >= 4 is 27.9 Å². The van der Waals surface area contributed by atoms with E-state index in [1.807, 2.05) is 12.1 Å². The van der Waals surface area contributed by atoms with Crippen molar-refractivity contribution in [1.29, 1.82) is 0 Å². The van der Waals surface area contributed by atoms with Gasteiger partial charge in [0.2, 0.25) is 0 Å². The van der Waals surface area contributed by atoms with E-state index in [1.54, 1.807) is 32.4 Å². The topological polar surface area (TPSA) is 64.2 Å². The number of hydrogen-bond donors (Lipinski definition) is 1. The standard InChI is InChI=1S/C15H14N2O3/c1-3-20-15(18)9-7-11-10-5-4-6-16-14(10)17-13(11)12(8-9)19-2/h4-8H,3H2,1-2H3,(H,16,17). The average molecular weight is 270 g/mol. The van der Waals surface area contributed by atoms with E-state index in [0.717, 1.165) is 21.9 Å². The van der Waals surface area contributed by atoms with Gasteiger partial charge in [-0.05, 0) is 31.2 Å². The van der Waals surface area contributed by atoms with Gasteiger partial charge in [-0.25, -0.2) is 9.78 Å². The molecule has 0 saturated heterocycles.